The molecule has 0 fully saturated rings. The summed E-state index contributed by atoms with van der Waals surface area (Å²) in [4.78, 5) is 6.88. The fraction of sp³-hybridized carbons (Fsp3) is 1.00. The topological polar surface area (TPSA) is 9.72 Å². The van der Waals surface area contributed by atoms with Gasteiger partial charge in [-0.15, -0.1) is 0 Å². The highest BCUT2D eigenvalue weighted by atomic mass is 15.5. The molecule has 0 aromatic heterocycles. The van der Waals surface area contributed by atoms with E-state index in [0.29, 0.717) is 6.29 Å². The van der Waals surface area contributed by atoms with Gasteiger partial charge in [0, 0.05) is 0 Å². The standard InChI is InChI=1S/C9H23N3/c1-7-12(8-2)9(10(3)4)11(5)6/h9H,7-8H2,1-6H3. The number of rotatable bonds is 5. The molecular weight excluding hydrogens is 150 g/mol. The zero-order chi connectivity index (χ0) is 9.72. The second kappa shape index (κ2) is 5.51. The Morgan fingerprint density at radius 1 is 0.833 bits per heavy atom. The Kier molecular flexibility index (Phi) is 5.46. The predicted molar refractivity (Wildman–Crippen MR) is 54.1 cm³/mol. The van der Waals surface area contributed by atoms with Crippen molar-refractivity contribution in [1.82, 2.24) is 14.7 Å². The molecule has 3 nitrogen and oxygen atoms in total. The lowest BCUT2D eigenvalue weighted by atomic mass is 10.4. The van der Waals surface area contributed by atoms with Crippen LogP contribution in [-0.2, 0) is 0 Å². The third-order valence-corrected chi connectivity index (χ3v) is 2.06. The molecule has 0 aliphatic carbocycles. The number of hydrogen-bond acceptors (Lipinski definition) is 3. The zero-order valence-electron chi connectivity index (χ0n) is 9.33. The summed E-state index contributed by atoms with van der Waals surface area (Å²) in [7, 11) is 8.46. The molecule has 0 atom stereocenters. The molecule has 0 bridgehead atoms. The van der Waals surface area contributed by atoms with E-state index in [0.717, 1.165) is 13.1 Å². The van der Waals surface area contributed by atoms with E-state index >= 15 is 0 Å². The molecule has 74 valence electrons. The van der Waals surface area contributed by atoms with E-state index in [2.05, 4.69) is 56.7 Å². The van der Waals surface area contributed by atoms with Crippen LogP contribution in [-0.4, -0.2) is 62.3 Å². The van der Waals surface area contributed by atoms with E-state index in [1.807, 2.05) is 0 Å². The molecule has 0 unspecified atom stereocenters. The second-order valence-corrected chi connectivity index (χ2v) is 3.49. The third-order valence-electron chi connectivity index (χ3n) is 2.06. The van der Waals surface area contributed by atoms with Gasteiger partial charge in [-0.25, -0.2) is 0 Å². The Morgan fingerprint density at radius 3 is 1.25 bits per heavy atom. The fourth-order valence-electron chi connectivity index (χ4n) is 1.67. The molecule has 0 saturated carbocycles. The van der Waals surface area contributed by atoms with Crippen molar-refractivity contribution in [3.05, 3.63) is 0 Å². The van der Waals surface area contributed by atoms with Crippen molar-refractivity contribution in [3.63, 3.8) is 0 Å². The minimum Gasteiger partial charge on any atom is -0.282 e. The monoisotopic (exact) mass is 173 g/mol. The number of hydrogen-bond donors (Lipinski definition) is 0. The van der Waals surface area contributed by atoms with E-state index in [4.69, 9.17) is 0 Å². The average Bonchev–Trinajstić information content (AvgIpc) is 1.98. The molecule has 0 aromatic carbocycles. The van der Waals surface area contributed by atoms with Crippen LogP contribution in [0.2, 0.25) is 0 Å². The van der Waals surface area contributed by atoms with Crippen LogP contribution in [0, 0.1) is 0 Å². The van der Waals surface area contributed by atoms with Crippen LogP contribution in [0.15, 0.2) is 0 Å². The lowest BCUT2D eigenvalue weighted by Crippen LogP contribution is -2.53. The maximum absolute atomic E-state index is 2.42. The fourth-order valence-corrected chi connectivity index (χ4v) is 1.67. The third kappa shape index (κ3) is 3.09. The molecule has 3 heteroatoms. The summed E-state index contributed by atoms with van der Waals surface area (Å²) in [6.45, 7) is 6.59. The lowest BCUT2D eigenvalue weighted by Gasteiger charge is -2.38. The lowest BCUT2D eigenvalue weighted by molar-refractivity contribution is -0.0164. The largest absolute Gasteiger partial charge is 0.282 e. The van der Waals surface area contributed by atoms with Crippen LogP contribution in [0.1, 0.15) is 13.8 Å². The minimum absolute atomic E-state index is 0.417. The summed E-state index contributed by atoms with van der Waals surface area (Å²) in [5.74, 6) is 0. The molecule has 0 aliphatic rings. The Labute approximate surface area is 76.9 Å². The van der Waals surface area contributed by atoms with Gasteiger partial charge in [-0.2, -0.15) is 0 Å². The first-order valence-corrected chi connectivity index (χ1v) is 4.61. The van der Waals surface area contributed by atoms with Gasteiger partial charge >= 0.3 is 0 Å². The van der Waals surface area contributed by atoms with Crippen LogP contribution in [0.3, 0.4) is 0 Å². The maximum Gasteiger partial charge on any atom is 0.118 e. The van der Waals surface area contributed by atoms with Crippen molar-refractivity contribution in [2.45, 2.75) is 20.1 Å². The Bertz CT molecular complexity index is 100. The molecule has 0 rings (SSSR count). The van der Waals surface area contributed by atoms with Crippen LogP contribution in [0.4, 0.5) is 0 Å². The first-order chi connectivity index (χ1) is 5.54. The quantitative estimate of drug-likeness (QED) is 0.568. The molecule has 0 aliphatic heterocycles. The van der Waals surface area contributed by atoms with E-state index in [1.165, 1.54) is 0 Å². The van der Waals surface area contributed by atoms with Gasteiger partial charge in [0.25, 0.3) is 0 Å². The highest BCUT2D eigenvalue weighted by molar-refractivity contribution is 4.63. The van der Waals surface area contributed by atoms with Gasteiger partial charge in [0.2, 0.25) is 0 Å². The van der Waals surface area contributed by atoms with Gasteiger partial charge in [0.1, 0.15) is 6.29 Å². The summed E-state index contributed by atoms with van der Waals surface area (Å²) < 4.78 is 0. The van der Waals surface area contributed by atoms with Gasteiger partial charge in [-0.1, -0.05) is 13.8 Å². The number of nitrogens with zero attached hydrogens (tertiary/aromatic N) is 3. The van der Waals surface area contributed by atoms with Crippen molar-refractivity contribution >= 4 is 0 Å². The van der Waals surface area contributed by atoms with E-state index in [9.17, 15) is 0 Å². The van der Waals surface area contributed by atoms with Gasteiger partial charge in [0.05, 0.1) is 0 Å². The highest BCUT2D eigenvalue weighted by Gasteiger charge is 2.19. The normalized spacial score (nSPS) is 12.5. The predicted octanol–water partition coefficient (Wildman–Crippen LogP) is 0.735. The molecule has 12 heavy (non-hydrogen) atoms. The summed E-state index contributed by atoms with van der Waals surface area (Å²) in [6, 6.07) is 0. The molecule has 0 saturated heterocycles. The summed E-state index contributed by atoms with van der Waals surface area (Å²) in [6.07, 6.45) is 0.417. The van der Waals surface area contributed by atoms with Gasteiger partial charge < -0.3 is 0 Å². The van der Waals surface area contributed by atoms with Crippen molar-refractivity contribution in [1.29, 1.82) is 0 Å². The molecule has 0 spiro atoms. The highest BCUT2D eigenvalue weighted by Crippen LogP contribution is 2.03. The smallest absolute Gasteiger partial charge is 0.118 e. The first-order valence-electron chi connectivity index (χ1n) is 4.61. The van der Waals surface area contributed by atoms with Crippen LogP contribution in [0.5, 0.6) is 0 Å². The van der Waals surface area contributed by atoms with Gasteiger partial charge in [-0.3, -0.25) is 14.7 Å². The Balaban J connectivity index is 4.26. The van der Waals surface area contributed by atoms with Gasteiger partial charge in [0.15, 0.2) is 0 Å². The summed E-state index contributed by atoms with van der Waals surface area (Å²) in [5, 5.41) is 0. The molecule has 0 amide bonds. The SMILES string of the molecule is CCN(CC)C(N(C)C)N(C)C. The second-order valence-electron chi connectivity index (χ2n) is 3.49. The van der Waals surface area contributed by atoms with Crippen molar-refractivity contribution < 1.29 is 0 Å². The van der Waals surface area contributed by atoms with E-state index in [-0.39, 0.29) is 0 Å². The maximum atomic E-state index is 2.42. The molecule has 0 N–H and O–H groups in total. The Hall–Kier alpha value is -0.120. The van der Waals surface area contributed by atoms with Crippen LogP contribution in [0.25, 0.3) is 0 Å². The Morgan fingerprint density at radius 2 is 1.17 bits per heavy atom. The van der Waals surface area contributed by atoms with Crippen molar-refractivity contribution in [2.75, 3.05) is 41.3 Å². The van der Waals surface area contributed by atoms with Gasteiger partial charge in [-0.05, 0) is 41.3 Å². The van der Waals surface area contributed by atoms with Crippen LogP contribution < -0.4 is 0 Å². The minimum atomic E-state index is 0.417. The molecular formula is C9H23N3. The molecule has 0 radical (unpaired) electrons. The average molecular weight is 173 g/mol. The zero-order valence-corrected chi connectivity index (χ0v) is 9.33. The van der Waals surface area contributed by atoms with Crippen molar-refractivity contribution in [2.24, 2.45) is 0 Å². The molecule has 0 heterocycles. The van der Waals surface area contributed by atoms with E-state index < -0.39 is 0 Å². The van der Waals surface area contributed by atoms with E-state index in [1.54, 1.807) is 0 Å². The molecule has 0 aromatic rings. The summed E-state index contributed by atoms with van der Waals surface area (Å²) >= 11 is 0. The van der Waals surface area contributed by atoms with Crippen molar-refractivity contribution in [3.8, 4) is 0 Å². The van der Waals surface area contributed by atoms with Crippen LogP contribution >= 0.6 is 0 Å². The first kappa shape index (κ1) is 11.9. The summed E-state index contributed by atoms with van der Waals surface area (Å²) in [5.41, 5.74) is 0.